The van der Waals surface area contributed by atoms with Crippen molar-refractivity contribution in [1.29, 1.82) is 5.26 Å². The molecule has 0 saturated heterocycles. The van der Waals surface area contributed by atoms with Crippen molar-refractivity contribution >= 4 is 5.52 Å². The molecule has 14 heavy (non-hydrogen) atoms. The fourth-order valence-corrected chi connectivity index (χ4v) is 1.37. The summed E-state index contributed by atoms with van der Waals surface area (Å²) in [7, 11) is 0. The summed E-state index contributed by atoms with van der Waals surface area (Å²) in [5.74, 6) is 0.00204. The maximum Gasteiger partial charge on any atom is 0.160 e. The number of hydrogen-bond acceptors (Lipinski definition) is 3. The smallest absolute Gasteiger partial charge is 0.160 e. The number of nitrogens with zero attached hydrogens (tertiary/aromatic N) is 3. The number of nitriles is 1. The summed E-state index contributed by atoms with van der Waals surface area (Å²) in [6.07, 6.45) is 4.09. The quantitative estimate of drug-likeness (QED) is 0.735. The van der Waals surface area contributed by atoms with Crippen LogP contribution in [0.5, 0.6) is 5.75 Å². The van der Waals surface area contributed by atoms with Gasteiger partial charge in [-0.25, -0.2) is 4.52 Å². The molecule has 0 amide bonds. The van der Waals surface area contributed by atoms with E-state index in [0.717, 1.165) is 12.0 Å². The highest BCUT2D eigenvalue weighted by Gasteiger charge is 2.08. The van der Waals surface area contributed by atoms with Gasteiger partial charge in [-0.3, -0.25) is 0 Å². The summed E-state index contributed by atoms with van der Waals surface area (Å²) in [6.45, 7) is 2.02. The van der Waals surface area contributed by atoms with Gasteiger partial charge in [-0.15, -0.1) is 0 Å². The molecule has 0 fully saturated rings. The highest BCUT2D eigenvalue weighted by atomic mass is 16.3. The first-order valence-electron chi connectivity index (χ1n) is 4.35. The van der Waals surface area contributed by atoms with Gasteiger partial charge in [-0.1, -0.05) is 6.92 Å². The number of aryl methyl sites for hydroxylation is 1. The molecule has 0 bridgehead atoms. The van der Waals surface area contributed by atoms with E-state index in [1.807, 2.05) is 25.3 Å². The molecule has 0 aliphatic rings. The van der Waals surface area contributed by atoms with Gasteiger partial charge in [0.25, 0.3) is 0 Å². The third kappa shape index (κ3) is 1.11. The van der Waals surface area contributed by atoms with Gasteiger partial charge in [0.15, 0.2) is 5.75 Å². The van der Waals surface area contributed by atoms with Crippen molar-refractivity contribution in [3.8, 4) is 11.8 Å². The largest absolute Gasteiger partial charge is 0.504 e. The number of fused-ring (bicyclic) bond motifs is 1. The Kier molecular flexibility index (Phi) is 1.86. The second-order valence-corrected chi connectivity index (χ2v) is 3.05. The van der Waals surface area contributed by atoms with E-state index in [0.29, 0.717) is 5.52 Å². The predicted molar refractivity (Wildman–Crippen MR) is 50.9 cm³/mol. The molecule has 0 radical (unpaired) electrons. The van der Waals surface area contributed by atoms with Crippen molar-refractivity contribution in [1.82, 2.24) is 9.61 Å². The second-order valence-electron chi connectivity index (χ2n) is 3.05. The van der Waals surface area contributed by atoms with Gasteiger partial charge in [-0.2, -0.15) is 10.4 Å². The zero-order valence-corrected chi connectivity index (χ0v) is 7.73. The van der Waals surface area contributed by atoms with Crippen LogP contribution >= 0.6 is 0 Å². The van der Waals surface area contributed by atoms with Crippen molar-refractivity contribution in [2.45, 2.75) is 13.3 Å². The summed E-state index contributed by atoms with van der Waals surface area (Å²) in [6, 6.07) is 3.73. The highest BCUT2D eigenvalue weighted by Crippen LogP contribution is 2.23. The topological polar surface area (TPSA) is 61.3 Å². The predicted octanol–water partition coefficient (Wildman–Crippen LogP) is 1.47. The molecule has 2 aromatic rings. The van der Waals surface area contributed by atoms with Crippen molar-refractivity contribution in [3.63, 3.8) is 0 Å². The van der Waals surface area contributed by atoms with E-state index < -0.39 is 0 Å². The molecular formula is C10H9N3O. The molecule has 2 heterocycles. The Hall–Kier alpha value is -2.02. The molecular weight excluding hydrogens is 178 g/mol. The Morgan fingerprint density at radius 1 is 1.64 bits per heavy atom. The maximum absolute atomic E-state index is 9.68. The minimum atomic E-state index is 0.00204. The van der Waals surface area contributed by atoms with Gasteiger partial charge in [0.05, 0.1) is 6.20 Å². The van der Waals surface area contributed by atoms with Crippen LogP contribution in [0.2, 0.25) is 0 Å². The summed E-state index contributed by atoms with van der Waals surface area (Å²) in [4.78, 5) is 0. The summed E-state index contributed by atoms with van der Waals surface area (Å²) in [5.41, 5.74) is 1.88. The molecule has 1 N–H and O–H groups in total. The van der Waals surface area contributed by atoms with Crippen molar-refractivity contribution < 1.29 is 5.11 Å². The normalized spacial score (nSPS) is 10.3. The lowest BCUT2D eigenvalue weighted by atomic mass is 10.2. The van der Waals surface area contributed by atoms with Gasteiger partial charge < -0.3 is 5.11 Å². The molecule has 70 valence electrons. The van der Waals surface area contributed by atoms with E-state index in [1.165, 1.54) is 6.20 Å². The number of rotatable bonds is 1. The molecule has 0 saturated carbocycles. The van der Waals surface area contributed by atoms with E-state index in [2.05, 4.69) is 5.10 Å². The number of hydrogen-bond donors (Lipinski definition) is 1. The minimum Gasteiger partial charge on any atom is -0.504 e. The Bertz CT molecular complexity index is 522. The van der Waals surface area contributed by atoms with Crippen LogP contribution < -0.4 is 0 Å². The first kappa shape index (κ1) is 8.57. The first-order valence-corrected chi connectivity index (χ1v) is 4.35. The van der Waals surface area contributed by atoms with Gasteiger partial charge in [0.1, 0.15) is 17.1 Å². The second kappa shape index (κ2) is 3.04. The fraction of sp³-hybridized carbons (Fsp3) is 0.200. The molecule has 4 nitrogen and oxygen atoms in total. The van der Waals surface area contributed by atoms with Gasteiger partial charge in [-0.05, 0) is 18.1 Å². The molecule has 0 atom stereocenters. The monoisotopic (exact) mass is 187 g/mol. The molecule has 0 spiro atoms. The fourth-order valence-electron chi connectivity index (χ4n) is 1.37. The molecule has 0 aliphatic heterocycles. The standard InChI is InChI=1S/C10H9N3O/c1-2-7-3-9-10(14)8(4-11)5-12-13(9)6-7/h3,5-6,14H,2H2,1H3. The Balaban J connectivity index is 2.76. The van der Waals surface area contributed by atoms with Crippen LogP contribution in [0, 0.1) is 11.3 Å². The van der Waals surface area contributed by atoms with Crippen LogP contribution in [0.1, 0.15) is 18.1 Å². The van der Waals surface area contributed by atoms with E-state index in [9.17, 15) is 5.11 Å². The lowest BCUT2D eigenvalue weighted by molar-refractivity contribution is 0.475. The third-order valence-corrected chi connectivity index (χ3v) is 2.19. The molecule has 0 aromatic carbocycles. The minimum absolute atomic E-state index is 0.00204. The summed E-state index contributed by atoms with van der Waals surface area (Å²) in [5, 5.41) is 22.4. The van der Waals surface area contributed by atoms with Crippen molar-refractivity contribution in [2.24, 2.45) is 0 Å². The van der Waals surface area contributed by atoms with E-state index in [1.54, 1.807) is 4.52 Å². The van der Waals surface area contributed by atoms with Crippen molar-refractivity contribution in [2.75, 3.05) is 0 Å². The third-order valence-electron chi connectivity index (χ3n) is 2.19. The number of aromatic nitrogens is 2. The summed E-state index contributed by atoms with van der Waals surface area (Å²) < 4.78 is 1.58. The SMILES string of the molecule is CCc1cc2c(O)c(C#N)cnn2c1. The molecule has 2 aromatic heterocycles. The summed E-state index contributed by atoms with van der Waals surface area (Å²) >= 11 is 0. The lowest BCUT2D eigenvalue weighted by Gasteiger charge is -1.97. The average molecular weight is 187 g/mol. The van der Waals surface area contributed by atoms with Crippen LogP contribution in [0.3, 0.4) is 0 Å². The van der Waals surface area contributed by atoms with Crippen LogP contribution in [0.25, 0.3) is 5.52 Å². The Morgan fingerprint density at radius 3 is 3.07 bits per heavy atom. The molecule has 4 heteroatoms. The first-order chi connectivity index (χ1) is 6.76. The Labute approximate surface area is 81.0 Å². The average Bonchev–Trinajstić information content (AvgIpc) is 2.62. The van der Waals surface area contributed by atoms with Crippen LogP contribution in [-0.2, 0) is 6.42 Å². The van der Waals surface area contributed by atoms with E-state index in [4.69, 9.17) is 5.26 Å². The van der Waals surface area contributed by atoms with Crippen LogP contribution in [0.15, 0.2) is 18.5 Å². The lowest BCUT2D eigenvalue weighted by Crippen LogP contribution is -1.90. The van der Waals surface area contributed by atoms with Crippen LogP contribution in [0.4, 0.5) is 0 Å². The van der Waals surface area contributed by atoms with Crippen molar-refractivity contribution in [3.05, 3.63) is 29.6 Å². The van der Waals surface area contributed by atoms with E-state index in [-0.39, 0.29) is 11.3 Å². The van der Waals surface area contributed by atoms with Gasteiger partial charge in [0, 0.05) is 6.20 Å². The van der Waals surface area contributed by atoms with Crippen LogP contribution in [-0.4, -0.2) is 14.7 Å². The zero-order chi connectivity index (χ0) is 10.1. The maximum atomic E-state index is 9.68. The zero-order valence-electron chi connectivity index (χ0n) is 7.73. The molecule has 0 unspecified atom stereocenters. The molecule has 0 aliphatic carbocycles. The van der Waals surface area contributed by atoms with Gasteiger partial charge >= 0.3 is 0 Å². The number of aromatic hydroxyl groups is 1. The molecule has 2 rings (SSSR count). The van der Waals surface area contributed by atoms with E-state index >= 15 is 0 Å². The highest BCUT2D eigenvalue weighted by molar-refractivity contribution is 5.65. The van der Waals surface area contributed by atoms with Gasteiger partial charge in [0.2, 0.25) is 0 Å². The Morgan fingerprint density at radius 2 is 2.43 bits per heavy atom.